The van der Waals surface area contributed by atoms with Crippen LogP contribution in [-0.4, -0.2) is 11.0 Å². The van der Waals surface area contributed by atoms with Crippen molar-refractivity contribution in [2.24, 2.45) is 11.8 Å². The predicted molar refractivity (Wildman–Crippen MR) is 82.0 cm³/mol. The standard InChI is InChI=1S/C16H24N2O2/c1-11(2)13-5-7-14(8-6-13)17-15-10-12(3)4-9-16(15)18(19)20/h4,9-11,13-14,17H,5-8H2,1-3H3. The third kappa shape index (κ3) is 3.50. The first-order valence-electron chi connectivity index (χ1n) is 7.49. The quantitative estimate of drug-likeness (QED) is 0.649. The summed E-state index contributed by atoms with van der Waals surface area (Å²) in [5, 5.41) is 14.5. The van der Waals surface area contributed by atoms with Gasteiger partial charge in [-0.1, -0.05) is 19.9 Å². The van der Waals surface area contributed by atoms with Gasteiger partial charge in [-0.25, -0.2) is 0 Å². The summed E-state index contributed by atoms with van der Waals surface area (Å²) in [6.45, 7) is 6.53. The molecule has 0 aromatic heterocycles. The fourth-order valence-electron chi connectivity index (χ4n) is 3.07. The summed E-state index contributed by atoms with van der Waals surface area (Å²) >= 11 is 0. The number of nitrogens with zero attached hydrogens (tertiary/aromatic N) is 1. The molecule has 0 saturated heterocycles. The van der Waals surface area contributed by atoms with Crippen LogP contribution in [0.2, 0.25) is 0 Å². The number of rotatable bonds is 4. The van der Waals surface area contributed by atoms with Gasteiger partial charge in [0.05, 0.1) is 4.92 Å². The Bertz CT molecular complexity index is 477. The van der Waals surface area contributed by atoms with E-state index in [0.29, 0.717) is 11.7 Å². The lowest BCUT2D eigenvalue weighted by Crippen LogP contribution is -2.28. The van der Waals surface area contributed by atoms with Crippen LogP contribution in [0.25, 0.3) is 0 Å². The Morgan fingerprint density at radius 2 is 1.90 bits per heavy atom. The molecule has 0 heterocycles. The van der Waals surface area contributed by atoms with Gasteiger partial charge in [0, 0.05) is 12.1 Å². The highest BCUT2D eigenvalue weighted by Crippen LogP contribution is 2.33. The highest BCUT2D eigenvalue weighted by atomic mass is 16.6. The van der Waals surface area contributed by atoms with Crippen molar-refractivity contribution >= 4 is 11.4 Å². The van der Waals surface area contributed by atoms with Crippen molar-refractivity contribution in [2.45, 2.75) is 52.5 Å². The fourth-order valence-corrected chi connectivity index (χ4v) is 3.07. The van der Waals surface area contributed by atoms with Crippen LogP contribution in [-0.2, 0) is 0 Å². The first kappa shape index (κ1) is 14.8. The van der Waals surface area contributed by atoms with Crippen LogP contribution in [0.1, 0.15) is 45.1 Å². The molecule has 0 atom stereocenters. The van der Waals surface area contributed by atoms with Gasteiger partial charge in [0.1, 0.15) is 5.69 Å². The molecule has 4 nitrogen and oxygen atoms in total. The Hall–Kier alpha value is -1.58. The van der Waals surface area contributed by atoms with Crippen LogP contribution in [0, 0.1) is 28.9 Å². The molecule has 1 aromatic rings. The van der Waals surface area contributed by atoms with Gasteiger partial charge in [0.15, 0.2) is 0 Å². The second-order valence-electron chi connectivity index (χ2n) is 6.28. The molecule has 0 radical (unpaired) electrons. The number of nitro benzene ring substituents is 1. The van der Waals surface area contributed by atoms with E-state index in [1.54, 1.807) is 12.1 Å². The molecule has 1 fully saturated rings. The Kier molecular flexibility index (Phi) is 4.63. The van der Waals surface area contributed by atoms with Gasteiger partial charge in [0.2, 0.25) is 0 Å². The maximum atomic E-state index is 11.1. The van der Waals surface area contributed by atoms with Gasteiger partial charge in [-0.3, -0.25) is 10.1 Å². The summed E-state index contributed by atoms with van der Waals surface area (Å²) in [5.41, 5.74) is 1.90. The van der Waals surface area contributed by atoms with Crippen molar-refractivity contribution < 1.29 is 4.92 Å². The van der Waals surface area contributed by atoms with E-state index in [0.717, 1.165) is 30.2 Å². The summed E-state index contributed by atoms with van der Waals surface area (Å²) < 4.78 is 0. The average Bonchev–Trinajstić information content (AvgIpc) is 2.39. The maximum Gasteiger partial charge on any atom is 0.292 e. The number of anilines is 1. The van der Waals surface area contributed by atoms with Gasteiger partial charge < -0.3 is 5.32 Å². The number of nitro groups is 1. The van der Waals surface area contributed by atoms with Gasteiger partial charge in [-0.05, 0) is 56.1 Å². The van der Waals surface area contributed by atoms with E-state index < -0.39 is 0 Å². The Labute approximate surface area is 120 Å². The van der Waals surface area contributed by atoms with E-state index in [-0.39, 0.29) is 10.6 Å². The molecule has 0 amide bonds. The number of benzene rings is 1. The lowest BCUT2D eigenvalue weighted by atomic mass is 9.79. The average molecular weight is 276 g/mol. The van der Waals surface area contributed by atoms with E-state index in [1.165, 1.54) is 12.8 Å². The highest BCUT2D eigenvalue weighted by molar-refractivity contribution is 5.63. The molecule has 20 heavy (non-hydrogen) atoms. The molecule has 1 aliphatic carbocycles. The SMILES string of the molecule is Cc1ccc([N+](=O)[O-])c(NC2CCC(C(C)C)CC2)c1. The van der Waals surface area contributed by atoms with Crippen molar-refractivity contribution in [1.82, 2.24) is 0 Å². The van der Waals surface area contributed by atoms with Crippen molar-refractivity contribution in [3.05, 3.63) is 33.9 Å². The van der Waals surface area contributed by atoms with E-state index in [4.69, 9.17) is 0 Å². The van der Waals surface area contributed by atoms with E-state index in [1.807, 2.05) is 13.0 Å². The molecule has 1 saturated carbocycles. The molecule has 1 aliphatic rings. The lowest BCUT2D eigenvalue weighted by Gasteiger charge is -2.31. The smallest absolute Gasteiger partial charge is 0.292 e. The zero-order valence-electron chi connectivity index (χ0n) is 12.6. The zero-order valence-corrected chi connectivity index (χ0v) is 12.6. The number of hydrogen-bond acceptors (Lipinski definition) is 3. The molecule has 4 heteroatoms. The first-order valence-corrected chi connectivity index (χ1v) is 7.49. The normalized spacial score (nSPS) is 22.8. The van der Waals surface area contributed by atoms with Crippen LogP contribution >= 0.6 is 0 Å². The third-order valence-corrected chi connectivity index (χ3v) is 4.42. The Balaban J connectivity index is 2.04. The molecule has 2 rings (SSSR count). The number of hydrogen-bond donors (Lipinski definition) is 1. The van der Waals surface area contributed by atoms with Gasteiger partial charge in [-0.2, -0.15) is 0 Å². The Morgan fingerprint density at radius 1 is 1.25 bits per heavy atom. The minimum absolute atomic E-state index is 0.182. The van der Waals surface area contributed by atoms with Crippen LogP contribution in [0.3, 0.4) is 0 Å². The van der Waals surface area contributed by atoms with Crippen molar-refractivity contribution in [3.8, 4) is 0 Å². The van der Waals surface area contributed by atoms with Gasteiger partial charge in [0.25, 0.3) is 5.69 Å². The van der Waals surface area contributed by atoms with Gasteiger partial charge >= 0.3 is 0 Å². The summed E-state index contributed by atoms with van der Waals surface area (Å²) in [4.78, 5) is 10.8. The predicted octanol–water partition coefficient (Wildman–Crippen LogP) is 4.53. The van der Waals surface area contributed by atoms with E-state index in [9.17, 15) is 10.1 Å². The Morgan fingerprint density at radius 3 is 2.45 bits per heavy atom. The molecular formula is C16H24N2O2. The lowest BCUT2D eigenvalue weighted by molar-refractivity contribution is -0.384. The minimum Gasteiger partial charge on any atom is -0.377 e. The van der Waals surface area contributed by atoms with E-state index in [2.05, 4.69) is 19.2 Å². The molecule has 1 N–H and O–H groups in total. The molecule has 110 valence electrons. The molecular weight excluding hydrogens is 252 g/mol. The third-order valence-electron chi connectivity index (χ3n) is 4.42. The second-order valence-corrected chi connectivity index (χ2v) is 6.28. The zero-order chi connectivity index (χ0) is 14.7. The molecule has 0 spiro atoms. The van der Waals surface area contributed by atoms with Crippen molar-refractivity contribution in [3.63, 3.8) is 0 Å². The van der Waals surface area contributed by atoms with Crippen molar-refractivity contribution in [2.75, 3.05) is 5.32 Å². The fraction of sp³-hybridized carbons (Fsp3) is 0.625. The van der Waals surface area contributed by atoms with Crippen LogP contribution < -0.4 is 5.32 Å². The second kappa shape index (κ2) is 6.25. The van der Waals surface area contributed by atoms with Crippen LogP contribution in [0.15, 0.2) is 18.2 Å². The number of aryl methyl sites for hydroxylation is 1. The largest absolute Gasteiger partial charge is 0.377 e. The van der Waals surface area contributed by atoms with Crippen LogP contribution in [0.5, 0.6) is 0 Å². The molecule has 0 unspecified atom stereocenters. The summed E-state index contributed by atoms with van der Waals surface area (Å²) in [6, 6.07) is 5.63. The first-order chi connectivity index (χ1) is 9.47. The number of nitrogens with one attached hydrogen (secondary N) is 1. The highest BCUT2D eigenvalue weighted by Gasteiger charge is 2.24. The van der Waals surface area contributed by atoms with Gasteiger partial charge in [-0.15, -0.1) is 0 Å². The molecule has 1 aromatic carbocycles. The monoisotopic (exact) mass is 276 g/mol. The summed E-state index contributed by atoms with van der Waals surface area (Å²) in [5.74, 6) is 1.55. The minimum atomic E-state index is -0.304. The maximum absolute atomic E-state index is 11.1. The summed E-state index contributed by atoms with van der Waals surface area (Å²) in [7, 11) is 0. The molecule has 0 bridgehead atoms. The van der Waals surface area contributed by atoms with Crippen LogP contribution in [0.4, 0.5) is 11.4 Å². The summed E-state index contributed by atoms with van der Waals surface area (Å²) in [6.07, 6.45) is 4.64. The molecule has 0 aliphatic heterocycles. The van der Waals surface area contributed by atoms with Crippen molar-refractivity contribution in [1.29, 1.82) is 0 Å². The van der Waals surface area contributed by atoms with E-state index >= 15 is 0 Å². The topological polar surface area (TPSA) is 55.2 Å².